The number of aromatic nitrogens is 4. The molecule has 2 aromatic heterocycles. The van der Waals surface area contributed by atoms with Gasteiger partial charge >= 0.3 is 0 Å². The summed E-state index contributed by atoms with van der Waals surface area (Å²) in [7, 11) is 3.70. The van der Waals surface area contributed by atoms with Crippen molar-refractivity contribution in [1.82, 2.24) is 20.2 Å². The average molecular weight is 205 g/mol. The molecule has 0 spiro atoms. The van der Waals surface area contributed by atoms with Crippen molar-refractivity contribution in [2.45, 2.75) is 0 Å². The number of rotatable bonds is 2. The van der Waals surface area contributed by atoms with Crippen molar-refractivity contribution in [1.29, 1.82) is 0 Å². The number of nitrogens with one attached hydrogen (secondary N) is 2. The lowest BCUT2D eigenvalue weighted by atomic mass is 10.2. The molecule has 2 heterocycles. The van der Waals surface area contributed by atoms with E-state index in [1.54, 1.807) is 17.2 Å². The molecule has 0 atom stereocenters. The molecular formula is C9H11N5O. The van der Waals surface area contributed by atoms with Crippen molar-refractivity contribution in [3.63, 3.8) is 0 Å². The Kier molecular flexibility index (Phi) is 2.24. The topological polar surface area (TPSA) is 77.7 Å². The van der Waals surface area contributed by atoms with Crippen LogP contribution in [0.4, 0.5) is 5.95 Å². The average Bonchev–Trinajstić information content (AvgIpc) is 2.66. The minimum atomic E-state index is -0.157. The van der Waals surface area contributed by atoms with Crippen LogP contribution >= 0.6 is 0 Å². The minimum absolute atomic E-state index is 0.157. The standard InChI is InChI=1S/C9H11N5O/c1-14(2)9-11-8(12-13-9)6-3-4-10-7(15)5-6/h3-5H,1-2H3,(H,10,15)(H,11,12,13). The summed E-state index contributed by atoms with van der Waals surface area (Å²) < 4.78 is 0. The molecule has 0 amide bonds. The molecule has 0 saturated carbocycles. The zero-order valence-corrected chi connectivity index (χ0v) is 8.48. The number of nitrogens with zero attached hydrogens (tertiary/aromatic N) is 3. The van der Waals surface area contributed by atoms with E-state index < -0.39 is 0 Å². The third-order valence-corrected chi connectivity index (χ3v) is 1.92. The summed E-state index contributed by atoms with van der Waals surface area (Å²) in [6.07, 6.45) is 1.58. The molecule has 0 aliphatic rings. The molecule has 2 aromatic rings. The van der Waals surface area contributed by atoms with Gasteiger partial charge in [0.15, 0.2) is 5.82 Å². The van der Waals surface area contributed by atoms with Gasteiger partial charge in [0.05, 0.1) is 0 Å². The normalized spacial score (nSPS) is 10.3. The van der Waals surface area contributed by atoms with Crippen molar-refractivity contribution < 1.29 is 0 Å². The fraction of sp³-hybridized carbons (Fsp3) is 0.222. The highest BCUT2D eigenvalue weighted by Gasteiger charge is 2.06. The molecule has 0 fully saturated rings. The molecule has 6 heteroatoms. The molecule has 6 nitrogen and oxygen atoms in total. The maximum Gasteiger partial charge on any atom is 0.248 e. The smallest absolute Gasteiger partial charge is 0.248 e. The third-order valence-electron chi connectivity index (χ3n) is 1.92. The van der Waals surface area contributed by atoms with Gasteiger partial charge < -0.3 is 9.88 Å². The number of hydrogen-bond acceptors (Lipinski definition) is 4. The Balaban J connectivity index is 2.41. The second-order valence-electron chi connectivity index (χ2n) is 3.32. The Labute approximate surface area is 86.0 Å². The summed E-state index contributed by atoms with van der Waals surface area (Å²) in [5.74, 6) is 1.18. The molecule has 15 heavy (non-hydrogen) atoms. The lowest BCUT2D eigenvalue weighted by molar-refractivity contribution is 0.999. The van der Waals surface area contributed by atoms with Crippen LogP contribution in [0, 0.1) is 0 Å². The molecule has 78 valence electrons. The maximum absolute atomic E-state index is 11.1. The minimum Gasteiger partial charge on any atom is -0.346 e. The van der Waals surface area contributed by atoms with E-state index in [2.05, 4.69) is 20.2 Å². The van der Waals surface area contributed by atoms with Crippen LogP contribution in [-0.4, -0.2) is 34.3 Å². The fourth-order valence-corrected chi connectivity index (χ4v) is 1.17. The molecule has 0 aromatic carbocycles. The predicted molar refractivity (Wildman–Crippen MR) is 56.8 cm³/mol. The summed E-state index contributed by atoms with van der Waals surface area (Å²) in [6, 6.07) is 3.24. The molecular weight excluding hydrogens is 194 g/mol. The lowest BCUT2D eigenvalue weighted by Crippen LogP contribution is -2.10. The lowest BCUT2D eigenvalue weighted by Gasteiger charge is -2.03. The van der Waals surface area contributed by atoms with E-state index in [4.69, 9.17) is 0 Å². The number of H-pyrrole nitrogens is 2. The summed E-state index contributed by atoms with van der Waals surface area (Å²) in [6.45, 7) is 0. The fourth-order valence-electron chi connectivity index (χ4n) is 1.17. The van der Waals surface area contributed by atoms with E-state index in [-0.39, 0.29) is 5.56 Å². The van der Waals surface area contributed by atoms with Crippen molar-refractivity contribution in [3.05, 3.63) is 28.7 Å². The monoisotopic (exact) mass is 205 g/mol. The first-order chi connectivity index (χ1) is 7.16. The van der Waals surface area contributed by atoms with Crippen LogP contribution in [0.3, 0.4) is 0 Å². The van der Waals surface area contributed by atoms with Gasteiger partial charge in [-0.15, -0.1) is 5.10 Å². The quantitative estimate of drug-likeness (QED) is 0.735. The van der Waals surface area contributed by atoms with E-state index >= 15 is 0 Å². The van der Waals surface area contributed by atoms with Crippen molar-refractivity contribution >= 4 is 5.95 Å². The van der Waals surface area contributed by atoms with Gasteiger partial charge in [-0.2, -0.15) is 4.98 Å². The van der Waals surface area contributed by atoms with Crippen molar-refractivity contribution in [2.75, 3.05) is 19.0 Å². The Bertz CT molecular complexity index is 513. The van der Waals surface area contributed by atoms with Gasteiger partial charge in [0, 0.05) is 31.9 Å². The van der Waals surface area contributed by atoms with E-state index in [0.717, 1.165) is 5.56 Å². The molecule has 2 N–H and O–H groups in total. The second kappa shape index (κ2) is 3.56. The van der Waals surface area contributed by atoms with Crippen LogP contribution < -0.4 is 10.5 Å². The second-order valence-corrected chi connectivity index (χ2v) is 3.32. The summed E-state index contributed by atoms with van der Waals surface area (Å²) in [5, 5.41) is 6.77. The maximum atomic E-state index is 11.1. The third kappa shape index (κ3) is 1.88. The molecule has 0 aliphatic carbocycles. The van der Waals surface area contributed by atoms with Gasteiger partial charge in [-0.05, 0) is 6.07 Å². The van der Waals surface area contributed by atoms with Crippen molar-refractivity contribution in [3.8, 4) is 11.4 Å². The van der Waals surface area contributed by atoms with Gasteiger partial charge in [0.2, 0.25) is 11.5 Å². The molecule has 0 bridgehead atoms. The Hall–Kier alpha value is -2.11. The number of anilines is 1. The Morgan fingerprint density at radius 3 is 2.80 bits per heavy atom. The van der Waals surface area contributed by atoms with Crippen LogP contribution in [0.2, 0.25) is 0 Å². The summed E-state index contributed by atoms with van der Waals surface area (Å²) in [4.78, 5) is 19.6. The van der Waals surface area contributed by atoms with E-state index in [1.165, 1.54) is 6.07 Å². The molecule has 0 radical (unpaired) electrons. The number of hydrogen-bond donors (Lipinski definition) is 2. The van der Waals surface area contributed by atoms with Crippen LogP contribution in [0.1, 0.15) is 0 Å². The first-order valence-corrected chi connectivity index (χ1v) is 4.45. The van der Waals surface area contributed by atoms with Gasteiger partial charge in [0.1, 0.15) is 0 Å². The van der Waals surface area contributed by atoms with E-state index in [0.29, 0.717) is 11.8 Å². The van der Waals surface area contributed by atoms with Gasteiger partial charge in [-0.25, -0.2) is 0 Å². The SMILES string of the molecule is CN(C)c1n[nH]c(-c2cc[nH]c(=O)c2)n1. The zero-order valence-electron chi connectivity index (χ0n) is 8.48. The predicted octanol–water partition coefficient (Wildman–Crippen LogP) is 0.226. The van der Waals surface area contributed by atoms with Gasteiger partial charge in [-0.1, -0.05) is 0 Å². The van der Waals surface area contributed by atoms with Crippen LogP contribution in [0.5, 0.6) is 0 Å². The highest BCUT2D eigenvalue weighted by molar-refractivity contribution is 5.54. The highest BCUT2D eigenvalue weighted by Crippen LogP contribution is 2.13. The Morgan fingerprint density at radius 1 is 1.40 bits per heavy atom. The molecule has 0 unspecified atom stereocenters. The van der Waals surface area contributed by atoms with Gasteiger partial charge in [-0.3, -0.25) is 9.89 Å². The summed E-state index contributed by atoms with van der Waals surface area (Å²) >= 11 is 0. The van der Waals surface area contributed by atoms with Crippen molar-refractivity contribution in [2.24, 2.45) is 0 Å². The largest absolute Gasteiger partial charge is 0.346 e. The summed E-state index contributed by atoms with van der Waals surface area (Å²) in [5.41, 5.74) is 0.564. The molecule has 2 rings (SSSR count). The van der Waals surface area contributed by atoms with Crippen LogP contribution in [0.25, 0.3) is 11.4 Å². The Morgan fingerprint density at radius 2 is 2.20 bits per heavy atom. The number of aromatic amines is 2. The highest BCUT2D eigenvalue weighted by atomic mass is 16.1. The van der Waals surface area contributed by atoms with Gasteiger partial charge in [0.25, 0.3) is 0 Å². The van der Waals surface area contributed by atoms with E-state index in [9.17, 15) is 4.79 Å². The van der Waals surface area contributed by atoms with E-state index in [1.807, 2.05) is 14.1 Å². The first-order valence-electron chi connectivity index (χ1n) is 4.45. The molecule has 0 aliphatic heterocycles. The number of pyridine rings is 1. The van der Waals surface area contributed by atoms with Crippen LogP contribution in [0.15, 0.2) is 23.1 Å². The van der Waals surface area contributed by atoms with Crippen LogP contribution in [-0.2, 0) is 0 Å². The first kappa shape index (κ1) is 9.45. The molecule has 0 saturated heterocycles. The zero-order chi connectivity index (χ0) is 10.8.